The molecule has 1 amide bonds. The molecule has 2 heterocycles. The summed E-state index contributed by atoms with van der Waals surface area (Å²) in [6, 6.07) is 9.50. The highest BCUT2D eigenvalue weighted by Crippen LogP contribution is 2.19. The third-order valence-electron chi connectivity index (χ3n) is 2.55. The van der Waals surface area contributed by atoms with Crippen molar-refractivity contribution in [3.63, 3.8) is 0 Å². The number of aryl methyl sites for hydroxylation is 1. The zero-order valence-electron chi connectivity index (χ0n) is 11.5. The number of hydrogen-bond acceptors (Lipinski definition) is 8. The molecule has 2 aromatic heterocycles. The molecule has 0 fully saturated rings. The summed E-state index contributed by atoms with van der Waals surface area (Å²) in [6.45, 7) is 1.83. The van der Waals surface area contributed by atoms with E-state index in [0.29, 0.717) is 10.3 Å². The lowest BCUT2D eigenvalue weighted by Crippen LogP contribution is -2.14. The molecule has 0 aliphatic carbocycles. The number of para-hydroxylation sites is 1. The standard InChI is InChI=1S/C12H11N7OS2/c1-8-14-15-11(22-8)13-10(20)7-21-12-16-17-18-19(12)9-5-3-2-4-6-9/h2-6H,7H2,1H3,(H,13,15,20). The van der Waals surface area contributed by atoms with Crippen LogP contribution in [0.1, 0.15) is 5.01 Å². The van der Waals surface area contributed by atoms with Crippen molar-refractivity contribution < 1.29 is 4.79 Å². The summed E-state index contributed by atoms with van der Waals surface area (Å²) in [7, 11) is 0. The highest BCUT2D eigenvalue weighted by atomic mass is 32.2. The van der Waals surface area contributed by atoms with Gasteiger partial charge in [0, 0.05) is 0 Å². The predicted octanol–water partition coefficient (Wildman–Crippen LogP) is 1.55. The van der Waals surface area contributed by atoms with Gasteiger partial charge in [-0.05, 0) is 29.5 Å². The summed E-state index contributed by atoms with van der Waals surface area (Å²) in [5.41, 5.74) is 0.843. The van der Waals surface area contributed by atoms with Crippen LogP contribution in [0.15, 0.2) is 35.5 Å². The Morgan fingerprint density at radius 2 is 2.09 bits per heavy atom. The lowest BCUT2D eigenvalue weighted by molar-refractivity contribution is -0.113. The molecular weight excluding hydrogens is 322 g/mol. The Labute approximate surface area is 134 Å². The Bertz CT molecular complexity index is 771. The number of thioether (sulfide) groups is 1. The van der Waals surface area contributed by atoms with Crippen molar-refractivity contribution >= 4 is 34.1 Å². The highest BCUT2D eigenvalue weighted by Gasteiger charge is 2.12. The number of nitrogens with zero attached hydrogens (tertiary/aromatic N) is 6. The van der Waals surface area contributed by atoms with Crippen molar-refractivity contribution in [3.8, 4) is 5.69 Å². The second kappa shape index (κ2) is 6.62. The lowest BCUT2D eigenvalue weighted by Gasteiger charge is -2.03. The van der Waals surface area contributed by atoms with Crippen LogP contribution in [0.25, 0.3) is 5.69 Å². The fourth-order valence-electron chi connectivity index (χ4n) is 1.63. The molecule has 8 nitrogen and oxygen atoms in total. The number of tetrazole rings is 1. The van der Waals surface area contributed by atoms with Crippen LogP contribution in [-0.2, 0) is 4.79 Å². The topological polar surface area (TPSA) is 98.5 Å². The van der Waals surface area contributed by atoms with E-state index in [2.05, 4.69) is 31.0 Å². The van der Waals surface area contributed by atoms with Crippen molar-refractivity contribution in [1.29, 1.82) is 0 Å². The Morgan fingerprint density at radius 3 is 2.82 bits per heavy atom. The molecule has 3 aromatic rings. The molecule has 22 heavy (non-hydrogen) atoms. The lowest BCUT2D eigenvalue weighted by atomic mass is 10.3. The number of carbonyl (C=O) groups excluding carboxylic acids is 1. The molecule has 0 saturated carbocycles. The summed E-state index contributed by atoms with van der Waals surface area (Å²) >= 11 is 2.58. The smallest absolute Gasteiger partial charge is 0.236 e. The van der Waals surface area contributed by atoms with E-state index in [1.807, 2.05) is 37.3 Å². The third kappa shape index (κ3) is 3.46. The SMILES string of the molecule is Cc1nnc(NC(=O)CSc2nnnn2-c2ccccc2)s1. The van der Waals surface area contributed by atoms with E-state index in [-0.39, 0.29) is 11.7 Å². The largest absolute Gasteiger partial charge is 0.300 e. The van der Waals surface area contributed by atoms with Gasteiger partial charge in [-0.25, -0.2) is 0 Å². The molecule has 3 rings (SSSR count). The van der Waals surface area contributed by atoms with E-state index in [1.54, 1.807) is 4.68 Å². The minimum absolute atomic E-state index is 0.177. The van der Waals surface area contributed by atoms with Crippen LogP contribution in [0, 0.1) is 6.92 Å². The van der Waals surface area contributed by atoms with E-state index in [0.717, 1.165) is 10.7 Å². The van der Waals surface area contributed by atoms with Crippen LogP contribution in [-0.4, -0.2) is 42.1 Å². The normalized spacial score (nSPS) is 10.6. The first-order chi connectivity index (χ1) is 10.7. The molecular formula is C12H11N7OS2. The van der Waals surface area contributed by atoms with Crippen molar-refractivity contribution in [1.82, 2.24) is 30.4 Å². The summed E-state index contributed by atoms with van der Waals surface area (Å²) in [5, 5.41) is 23.8. The van der Waals surface area contributed by atoms with Gasteiger partial charge in [-0.15, -0.1) is 15.3 Å². The molecule has 0 atom stereocenters. The number of benzene rings is 1. The number of hydrogen-bond donors (Lipinski definition) is 1. The second-order valence-electron chi connectivity index (χ2n) is 4.17. The Hall–Kier alpha value is -2.33. The molecule has 0 bridgehead atoms. The fourth-order valence-corrected chi connectivity index (χ4v) is 2.93. The van der Waals surface area contributed by atoms with E-state index >= 15 is 0 Å². The van der Waals surface area contributed by atoms with E-state index < -0.39 is 0 Å². The number of rotatable bonds is 5. The van der Waals surface area contributed by atoms with Gasteiger partial charge < -0.3 is 0 Å². The first-order valence-corrected chi connectivity index (χ1v) is 8.09. The first-order valence-electron chi connectivity index (χ1n) is 6.29. The maximum Gasteiger partial charge on any atom is 0.236 e. The van der Waals surface area contributed by atoms with Gasteiger partial charge in [-0.2, -0.15) is 4.68 Å². The van der Waals surface area contributed by atoms with Gasteiger partial charge in [0.05, 0.1) is 11.4 Å². The molecule has 1 N–H and O–H groups in total. The van der Waals surface area contributed by atoms with Crippen molar-refractivity contribution in [2.75, 3.05) is 11.1 Å². The van der Waals surface area contributed by atoms with E-state index in [1.165, 1.54) is 23.1 Å². The van der Waals surface area contributed by atoms with Crippen LogP contribution >= 0.6 is 23.1 Å². The molecule has 1 aromatic carbocycles. The molecule has 0 aliphatic rings. The molecule has 112 valence electrons. The zero-order chi connectivity index (χ0) is 15.4. The summed E-state index contributed by atoms with van der Waals surface area (Å²) in [5.74, 6) is 0.00927. The van der Waals surface area contributed by atoms with Gasteiger partial charge in [-0.3, -0.25) is 10.1 Å². The Balaban J connectivity index is 1.63. The Morgan fingerprint density at radius 1 is 1.27 bits per heavy atom. The van der Waals surface area contributed by atoms with Crippen molar-refractivity contribution in [2.24, 2.45) is 0 Å². The average molecular weight is 333 g/mol. The molecule has 0 unspecified atom stereocenters. The van der Waals surface area contributed by atoms with Crippen LogP contribution in [0.5, 0.6) is 0 Å². The zero-order valence-corrected chi connectivity index (χ0v) is 13.1. The number of aromatic nitrogens is 6. The molecule has 0 radical (unpaired) electrons. The first kappa shape index (κ1) is 14.6. The number of anilines is 1. The summed E-state index contributed by atoms with van der Waals surface area (Å²) in [4.78, 5) is 11.9. The van der Waals surface area contributed by atoms with Gasteiger partial charge in [0.2, 0.25) is 16.2 Å². The number of nitrogens with one attached hydrogen (secondary N) is 1. The quantitative estimate of drug-likeness (QED) is 0.707. The minimum atomic E-state index is -0.177. The van der Waals surface area contributed by atoms with Gasteiger partial charge in [-0.1, -0.05) is 41.3 Å². The molecule has 10 heteroatoms. The predicted molar refractivity (Wildman–Crippen MR) is 83.2 cm³/mol. The molecule has 0 spiro atoms. The van der Waals surface area contributed by atoms with Crippen LogP contribution in [0.4, 0.5) is 5.13 Å². The van der Waals surface area contributed by atoms with Crippen molar-refractivity contribution in [2.45, 2.75) is 12.1 Å². The second-order valence-corrected chi connectivity index (χ2v) is 6.30. The van der Waals surface area contributed by atoms with Gasteiger partial charge in [0.1, 0.15) is 5.01 Å². The third-order valence-corrected chi connectivity index (χ3v) is 4.22. The maximum atomic E-state index is 11.9. The van der Waals surface area contributed by atoms with E-state index in [4.69, 9.17) is 0 Å². The van der Waals surface area contributed by atoms with Gasteiger partial charge >= 0.3 is 0 Å². The fraction of sp³-hybridized carbons (Fsp3) is 0.167. The molecule has 0 aliphatic heterocycles. The Kier molecular flexibility index (Phi) is 4.39. The summed E-state index contributed by atoms with van der Waals surface area (Å²) in [6.07, 6.45) is 0. The van der Waals surface area contributed by atoms with Gasteiger partial charge in [0.25, 0.3) is 0 Å². The maximum absolute atomic E-state index is 11.9. The van der Waals surface area contributed by atoms with Crippen LogP contribution < -0.4 is 5.32 Å². The highest BCUT2D eigenvalue weighted by molar-refractivity contribution is 7.99. The number of amides is 1. The minimum Gasteiger partial charge on any atom is -0.300 e. The average Bonchev–Trinajstić information content (AvgIpc) is 3.15. The van der Waals surface area contributed by atoms with Gasteiger partial charge in [0.15, 0.2) is 0 Å². The monoisotopic (exact) mass is 333 g/mol. The van der Waals surface area contributed by atoms with E-state index in [9.17, 15) is 4.79 Å². The van der Waals surface area contributed by atoms with Crippen LogP contribution in [0.2, 0.25) is 0 Å². The molecule has 0 saturated heterocycles. The van der Waals surface area contributed by atoms with Crippen molar-refractivity contribution in [3.05, 3.63) is 35.3 Å². The number of carbonyl (C=O) groups is 1. The summed E-state index contributed by atoms with van der Waals surface area (Å²) < 4.78 is 1.59. The van der Waals surface area contributed by atoms with Crippen LogP contribution in [0.3, 0.4) is 0 Å².